The number of phenolic OH excluding ortho intramolecular Hbond substituents is 1. The zero-order chi connectivity index (χ0) is 17.1. The Morgan fingerprint density at radius 2 is 2.00 bits per heavy atom. The van der Waals surface area contributed by atoms with E-state index in [0.29, 0.717) is 8.78 Å². The van der Waals surface area contributed by atoms with Crippen LogP contribution < -0.4 is 0 Å². The lowest BCUT2D eigenvalue weighted by Gasteiger charge is -2.26. The summed E-state index contributed by atoms with van der Waals surface area (Å²) in [5, 5.41) is 9.79. The Morgan fingerprint density at radius 1 is 1.41 bits per heavy atom. The van der Waals surface area contributed by atoms with Crippen molar-refractivity contribution in [2.24, 2.45) is 0 Å². The van der Waals surface area contributed by atoms with Crippen LogP contribution in [0, 0.1) is 0 Å². The average molecular weight is 415 g/mol. The fraction of sp³-hybridized carbons (Fsp3) is 0.462. The number of hydrogen-bond acceptors (Lipinski definition) is 5. The van der Waals surface area contributed by atoms with Gasteiger partial charge in [-0.3, -0.25) is 0 Å². The molecule has 1 N–H and O–H groups in total. The number of carbonyl (C=O) groups excluding carboxylic acids is 1. The Morgan fingerprint density at radius 3 is 2.50 bits per heavy atom. The molecular formula is C13H17BrClNO5S. The number of phenols is 1. The van der Waals surface area contributed by atoms with Crippen molar-refractivity contribution in [1.82, 2.24) is 4.31 Å². The maximum absolute atomic E-state index is 12.6. The Labute approximate surface area is 143 Å². The first-order chi connectivity index (χ1) is 9.99. The third-order valence-electron chi connectivity index (χ3n) is 2.37. The molecule has 9 heteroatoms. The highest BCUT2D eigenvalue weighted by Gasteiger charge is 2.34. The van der Waals surface area contributed by atoms with Gasteiger partial charge in [0.2, 0.25) is 0 Å². The molecule has 0 atom stereocenters. The summed E-state index contributed by atoms with van der Waals surface area (Å²) in [6, 6.07) is 3.90. The topological polar surface area (TPSA) is 83.9 Å². The minimum atomic E-state index is -4.29. The standard InChI is InChI=1S/C13H17BrClNO5S/c1-13(2,3)21-12(18)16(7-6-15)22(19,20)11-8-9(14)4-5-10(11)17/h4-5,8,17H,6-7H2,1-3H3. The molecule has 1 amide bonds. The van der Waals surface area contributed by atoms with E-state index in [-0.39, 0.29) is 12.4 Å². The summed E-state index contributed by atoms with van der Waals surface area (Å²) in [5.74, 6) is -0.570. The van der Waals surface area contributed by atoms with Crippen molar-refractivity contribution < 1.29 is 23.1 Å². The van der Waals surface area contributed by atoms with Crippen LogP contribution in [0.25, 0.3) is 0 Å². The van der Waals surface area contributed by atoms with Gasteiger partial charge in [0.25, 0.3) is 10.0 Å². The normalized spacial score (nSPS) is 12.0. The number of ether oxygens (including phenoxy) is 1. The van der Waals surface area contributed by atoms with Crippen LogP contribution in [0.1, 0.15) is 20.8 Å². The van der Waals surface area contributed by atoms with Gasteiger partial charge in [0.1, 0.15) is 16.2 Å². The molecule has 1 aromatic rings. The predicted molar refractivity (Wildman–Crippen MR) is 86.7 cm³/mol. The Hall–Kier alpha value is -0.990. The summed E-state index contributed by atoms with van der Waals surface area (Å²) in [6.07, 6.45) is -1.05. The number of aromatic hydroxyl groups is 1. The Bertz CT molecular complexity index is 657. The first kappa shape index (κ1) is 19.1. The Balaban J connectivity index is 3.29. The van der Waals surface area contributed by atoms with Gasteiger partial charge in [-0.05, 0) is 39.0 Å². The van der Waals surface area contributed by atoms with Crippen molar-refractivity contribution >= 4 is 43.6 Å². The molecule has 22 heavy (non-hydrogen) atoms. The zero-order valence-electron chi connectivity index (χ0n) is 12.3. The van der Waals surface area contributed by atoms with Gasteiger partial charge in [0.15, 0.2) is 0 Å². The number of amides is 1. The summed E-state index contributed by atoms with van der Waals surface area (Å²) in [6.45, 7) is 4.58. The monoisotopic (exact) mass is 413 g/mol. The summed E-state index contributed by atoms with van der Waals surface area (Å²) in [4.78, 5) is 11.7. The maximum atomic E-state index is 12.6. The molecule has 0 aromatic heterocycles. The van der Waals surface area contributed by atoms with Gasteiger partial charge in [0, 0.05) is 10.4 Å². The molecule has 0 saturated heterocycles. The molecule has 1 rings (SSSR count). The van der Waals surface area contributed by atoms with E-state index in [1.54, 1.807) is 20.8 Å². The molecule has 0 aliphatic heterocycles. The molecule has 0 fully saturated rings. The maximum Gasteiger partial charge on any atom is 0.424 e. The third kappa shape index (κ3) is 4.76. The molecule has 1 aromatic carbocycles. The number of sulfonamides is 1. The van der Waals surface area contributed by atoms with Gasteiger partial charge >= 0.3 is 6.09 Å². The van der Waals surface area contributed by atoms with Crippen molar-refractivity contribution in [3.63, 3.8) is 0 Å². The largest absolute Gasteiger partial charge is 0.507 e. The van der Waals surface area contributed by atoms with Gasteiger partial charge in [-0.1, -0.05) is 15.9 Å². The molecule has 0 spiro atoms. The van der Waals surface area contributed by atoms with Crippen molar-refractivity contribution in [3.8, 4) is 5.75 Å². The predicted octanol–water partition coefficient (Wildman–Crippen LogP) is 3.32. The lowest BCUT2D eigenvalue weighted by atomic mass is 10.2. The second-order valence-corrected chi connectivity index (χ2v) is 8.48. The average Bonchev–Trinajstić information content (AvgIpc) is 2.36. The molecular weight excluding hydrogens is 398 g/mol. The second kappa shape index (κ2) is 7.06. The van der Waals surface area contributed by atoms with Crippen molar-refractivity contribution in [2.45, 2.75) is 31.3 Å². The first-order valence-electron chi connectivity index (χ1n) is 6.29. The summed E-state index contributed by atoms with van der Waals surface area (Å²) in [7, 11) is -4.29. The highest BCUT2D eigenvalue weighted by Crippen LogP contribution is 2.29. The van der Waals surface area contributed by atoms with Crippen LogP contribution in [-0.2, 0) is 14.8 Å². The molecule has 0 aliphatic rings. The molecule has 0 heterocycles. The number of nitrogens with zero attached hydrogens (tertiary/aromatic N) is 1. The number of halogens is 2. The highest BCUT2D eigenvalue weighted by molar-refractivity contribution is 9.10. The third-order valence-corrected chi connectivity index (χ3v) is 4.83. The van der Waals surface area contributed by atoms with Crippen LogP contribution in [-0.4, -0.2) is 41.9 Å². The molecule has 0 aliphatic carbocycles. The molecule has 0 unspecified atom stereocenters. The highest BCUT2D eigenvalue weighted by atomic mass is 79.9. The van der Waals surface area contributed by atoms with Crippen LogP contribution in [0.4, 0.5) is 4.79 Å². The van der Waals surface area contributed by atoms with E-state index in [2.05, 4.69) is 15.9 Å². The Kier molecular flexibility index (Phi) is 6.11. The van der Waals surface area contributed by atoms with E-state index in [1.165, 1.54) is 18.2 Å². The summed E-state index contributed by atoms with van der Waals surface area (Å²) in [5.41, 5.74) is -0.865. The number of benzene rings is 1. The number of alkyl halides is 1. The van der Waals surface area contributed by atoms with Gasteiger partial charge in [-0.15, -0.1) is 11.6 Å². The van der Waals surface area contributed by atoms with Crippen molar-refractivity contribution in [1.29, 1.82) is 0 Å². The molecule has 0 bridgehead atoms. The fourth-order valence-corrected chi connectivity index (χ4v) is 3.71. The van der Waals surface area contributed by atoms with E-state index in [4.69, 9.17) is 16.3 Å². The van der Waals surface area contributed by atoms with E-state index in [9.17, 15) is 18.3 Å². The van der Waals surface area contributed by atoms with Crippen LogP contribution in [0.2, 0.25) is 0 Å². The van der Waals surface area contributed by atoms with Crippen LogP contribution >= 0.6 is 27.5 Å². The van der Waals surface area contributed by atoms with E-state index in [0.717, 1.165) is 0 Å². The first-order valence-corrected chi connectivity index (χ1v) is 9.06. The zero-order valence-corrected chi connectivity index (χ0v) is 15.5. The number of hydrogen-bond donors (Lipinski definition) is 1. The quantitative estimate of drug-likeness (QED) is 0.764. The van der Waals surface area contributed by atoms with E-state index >= 15 is 0 Å². The van der Waals surface area contributed by atoms with Gasteiger partial charge in [0.05, 0.1) is 6.54 Å². The molecule has 124 valence electrons. The fourth-order valence-electron chi connectivity index (χ4n) is 1.51. The SMILES string of the molecule is CC(C)(C)OC(=O)N(CCCl)S(=O)(=O)c1cc(Br)ccc1O. The van der Waals surface area contributed by atoms with E-state index < -0.39 is 32.4 Å². The molecule has 0 saturated carbocycles. The van der Waals surface area contributed by atoms with Crippen LogP contribution in [0.15, 0.2) is 27.6 Å². The summed E-state index contributed by atoms with van der Waals surface area (Å²) >= 11 is 8.72. The van der Waals surface area contributed by atoms with Crippen LogP contribution in [0.3, 0.4) is 0 Å². The van der Waals surface area contributed by atoms with Gasteiger partial charge in [-0.2, -0.15) is 4.31 Å². The van der Waals surface area contributed by atoms with E-state index in [1.807, 2.05) is 0 Å². The molecule has 6 nitrogen and oxygen atoms in total. The second-order valence-electron chi connectivity index (χ2n) is 5.36. The van der Waals surface area contributed by atoms with Crippen molar-refractivity contribution in [3.05, 3.63) is 22.7 Å². The lowest BCUT2D eigenvalue weighted by molar-refractivity contribution is 0.0398. The number of carbonyl (C=O) groups is 1. The van der Waals surface area contributed by atoms with Crippen molar-refractivity contribution in [2.75, 3.05) is 12.4 Å². The summed E-state index contributed by atoms with van der Waals surface area (Å²) < 4.78 is 31.3. The lowest BCUT2D eigenvalue weighted by Crippen LogP contribution is -2.41. The van der Waals surface area contributed by atoms with Gasteiger partial charge < -0.3 is 9.84 Å². The van der Waals surface area contributed by atoms with Crippen LogP contribution in [0.5, 0.6) is 5.75 Å². The molecule has 0 radical (unpaired) electrons. The minimum absolute atomic E-state index is 0.104. The van der Waals surface area contributed by atoms with Gasteiger partial charge in [-0.25, -0.2) is 13.2 Å². The minimum Gasteiger partial charge on any atom is -0.507 e. The number of rotatable bonds is 4. The smallest absolute Gasteiger partial charge is 0.424 e.